The van der Waals surface area contributed by atoms with Gasteiger partial charge in [0.2, 0.25) is 5.60 Å². The number of rotatable bonds is 20. The highest BCUT2D eigenvalue weighted by molar-refractivity contribution is 6.26. The molecule has 3 N–H and O–H groups in total. The first-order valence-electron chi connectivity index (χ1n) is 24.2. The number of nitrogens with one attached hydrogen (secondary N) is 1. The highest BCUT2D eigenvalue weighted by Crippen LogP contribution is 2.51. The minimum Gasteiger partial charge on any atom is -0.507 e. The number of esters is 2. The van der Waals surface area contributed by atoms with E-state index in [1.165, 1.54) is 57.6 Å². The molecule has 65 heavy (non-hydrogen) atoms. The zero-order valence-electron chi connectivity index (χ0n) is 41.0. The Bertz CT molecular complexity index is 2350. The molecule has 6 aliphatic rings. The molecule has 350 valence electrons. The molecule has 5 aliphatic heterocycles. The molecule has 0 aromatic rings. The summed E-state index contributed by atoms with van der Waals surface area (Å²) in [7, 11) is 1.18. The molecular weight excluding hydrogens is 813 g/mol. The summed E-state index contributed by atoms with van der Waals surface area (Å²) in [5.41, 5.74) is 8.67. The predicted molar refractivity (Wildman–Crippen MR) is 263 cm³/mol. The van der Waals surface area contributed by atoms with E-state index in [1.54, 1.807) is 0 Å². The minimum atomic E-state index is -2.55. The summed E-state index contributed by atoms with van der Waals surface area (Å²) in [6.45, 7) is 25.8. The standard InChI is InChI=1S/C55H74N4O6/c1-13-39-35(8)42-28-44-37(10)41(24-25-48(60)65-27-26-34(7)23-17-22-33(6)21-16-20-32(5)19-15-18-31(3)4)51(58-44)50-52-49(53(61)55(50,63)54(62)64-12)38(11)45(59-52)30-47-40(14-2)36(9)43(57-47)29-46(39)56-42/h13,26,28-33,37,41,58,61,63H,1,14-25,27H2,2-12H3/b34-26+,44-28?,46-29?,47-30?,51-50?/t32?,33?,37-,41-,55+/m0/s1. The molecule has 6 rings (SSSR count). The van der Waals surface area contributed by atoms with Gasteiger partial charge in [-0.3, -0.25) is 4.79 Å². The smallest absolute Gasteiger partial charge is 0.350 e. The van der Waals surface area contributed by atoms with Gasteiger partial charge in [-0.15, -0.1) is 0 Å². The van der Waals surface area contributed by atoms with Gasteiger partial charge in [-0.25, -0.2) is 19.8 Å². The van der Waals surface area contributed by atoms with Gasteiger partial charge < -0.3 is 25.0 Å². The van der Waals surface area contributed by atoms with Crippen LogP contribution in [0.1, 0.15) is 146 Å². The van der Waals surface area contributed by atoms with E-state index < -0.39 is 23.2 Å². The summed E-state index contributed by atoms with van der Waals surface area (Å²) in [6.07, 6.45) is 22.0. The van der Waals surface area contributed by atoms with E-state index in [0.717, 1.165) is 81.9 Å². The van der Waals surface area contributed by atoms with Crippen LogP contribution >= 0.6 is 0 Å². The molecule has 0 radical (unpaired) electrons. The molecule has 5 heterocycles. The lowest BCUT2D eigenvalue weighted by Crippen LogP contribution is -2.44. The van der Waals surface area contributed by atoms with Crippen molar-refractivity contribution in [3.63, 3.8) is 0 Å². The number of nitrogens with zero attached hydrogens (tertiary/aromatic N) is 3. The summed E-state index contributed by atoms with van der Waals surface area (Å²) in [6, 6.07) is 0. The van der Waals surface area contributed by atoms with Gasteiger partial charge in [0.05, 0.1) is 41.3 Å². The Morgan fingerprint density at radius 2 is 1.54 bits per heavy atom. The fourth-order valence-electron chi connectivity index (χ4n) is 10.2. The summed E-state index contributed by atoms with van der Waals surface area (Å²) in [4.78, 5) is 42.3. The first-order chi connectivity index (χ1) is 30.9. The summed E-state index contributed by atoms with van der Waals surface area (Å²) in [5.74, 6) is -0.273. The van der Waals surface area contributed by atoms with Gasteiger partial charge in [0.1, 0.15) is 6.61 Å². The highest BCUT2D eigenvalue weighted by Gasteiger charge is 2.59. The van der Waals surface area contributed by atoms with Crippen molar-refractivity contribution in [2.75, 3.05) is 13.7 Å². The van der Waals surface area contributed by atoms with Gasteiger partial charge in [0, 0.05) is 46.4 Å². The largest absolute Gasteiger partial charge is 0.507 e. The number of aliphatic hydroxyl groups is 2. The maximum atomic E-state index is 13.7. The zero-order valence-corrected chi connectivity index (χ0v) is 41.0. The summed E-state index contributed by atoms with van der Waals surface area (Å²) >= 11 is 0. The van der Waals surface area contributed by atoms with Gasteiger partial charge >= 0.3 is 11.9 Å². The van der Waals surface area contributed by atoms with Crippen molar-refractivity contribution >= 4 is 29.1 Å². The van der Waals surface area contributed by atoms with Crippen LogP contribution < -0.4 is 5.32 Å². The Morgan fingerprint density at radius 3 is 2.18 bits per heavy atom. The fourth-order valence-corrected chi connectivity index (χ4v) is 10.2. The van der Waals surface area contributed by atoms with Crippen molar-refractivity contribution in [2.45, 2.75) is 152 Å². The van der Waals surface area contributed by atoms with Gasteiger partial charge in [-0.2, -0.15) is 0 Å². The highest BCUT2D eigenvalue weighted by atomic mass is 16.5. The van der Waals surface area contributed by atoms with Crippen molar-refractivity contribution < 1.29 is 29.3 Å². The number of carbonyl (C=O) groups is 2. The lowest BCUT2D eigenvalue weighted by atomic mass is 9.83. The van der Waals surface area contributed by atoms with Crippen molar-refractivity contribution in [2.24, 2.45) is 44.6 Å². The second-order valence-corrected chi connectivity index (χ2v) is 19.7. The molecule has 0 amide bonds. The van der Waals surface area contributed by atoms with Crippen LogP contribution in [0.2, 0.25) is 0 Å². The number of fused-ring (bicyclic) bond motifs is 5. The van der Waals surface area contributed by atoms with Crippen LogP contribution in [0.4, 0.5) is 0 Å². The average molecular weight is 887 g/mol. The van der Waals surface area contributed by atoms with Crippen LogP contribution in [0.5, 0.6) is 0 Å². The molecule has 0 saturated carbocycles. The van der Waals surface area contributed by atoms with Crippen LogP contribution in [-0.4, -0.2) is 58.6 Å². The number of methoxy groups -OCH3 is 1. The van der Waals surface area contributed by atoms with E-state index in [0.29, 0.717) is 29.3 Å². The Morgan fingerprint density at radius 1 is 0.892 bits per heavy atom. The van der Waals surface area contributed by atoms with Crippen molar-refractivity contribution in [3.8, 4) is 0 Å². The average Bonchev–Trinajstić information content (AvgIpc) is 3.99. The number of aliphatic hydroxyl groups excluding tert-OH is 1. The molecule has 10 heteroatoms. The van der Waals surface area contributed by atoms with Crippen LogP contribution in [0.3, 0.4) is 0 Å². The van der Waals surface area contributed by atoms with Gasteiger partial charge in [-0.05, 0) is 118 Å². The SMILES string of the molecule is C=CC1=C(C)C2=NC1=CC1=NC(=CC3=C(C)C4=C(O)[C@@](O)(C(=O)OC)C(=C5NC(=C2)[C@@H](C)[C@@H]5CCC(=O)OC/C=C(\C)CCCC(C)CCCC(C)CCCC(C)C)C4=N3)C(CC)=C1C. The molecule has 1 aliphatic carbocycles. The van der Waals surface area contributed by atoms with Crippen LogP contribution in [0.15, 0.2) is 131 Å². The molecule has 0 spiro atoms. The Hall–Kier alpha value is -5.09. The number of aliphatic imine (C=N–C) groups is 3. The molecule has 1 fully saturated rings. The summed E-state index contributed by atoms with van der Waals surface area (Å²) in [5, 5.41) is 27.9. The van der Waals surface area contributed by atoms with Gasteiger partial charge in [-0.1, -0.05) is 105 Å². The minimum absolute atomic E-state index is 0.0878. The quantitative estimate of drug-likeness (QED) is 0.0816. The number of hydrogen-bond donors (Lipinski definition) is 3. The second kappa shape index (κ2) is 21.0. The van der Waals surface area contributed by atoms with E-state index in [2.05, 4.69) is 60.4 Å². The lowest BCUT2D eigenvalue weighted by Gasteiger charge is -2.26. The normalized spacial score (nSPS) is 23.7. The number of hydrogen-bond acceptors (Lipinski definition) is 10. The molecule has 5 atom stereocenters. The molecule has 0 aromatic heterocycles. The topological polar surface area (TPSA) is 142 Å². The maximum Gasteiger partial charge on any atom is 0.350 e. The monoisotopic (exact) mass is 887 g/mol. The molecule has 2 unspecified atom stereocenters. The van der Waals surface area contributed by atoms with E-state index in [-0.39, 0.29) is 41.8 Å². The van der Waals surface area contributed by atoms with Gasteiger partial charge in [0.25, 0.3) is 0 Å². The molecular formula is C55H74N4O6. The van der Waals surface area contributed by atoms with Crippen LogP contribution in [0, 0.1) is 29.6 Å². The molecule has 8 bridgehead atoms. The van der Waals surface area contributed by atoms with Crippen LogP contribution in [-0.2, 0) is 19.1 Å². The third-order valence-electron chi connectivity index (χ3n) is 14.5. The van der Waals surface area contributed by atoms with E-state index in [4.69, 9.17) is 24.5 Å². The molecule has 0 aromatic carbocycles. The van der Waals surface area contributed by atoms with Crippen LogP contribution in [0.25, 0.3) is 0 Å². The Labute approximate surface area is 388 Å². The molecule has 10 nitrogen and oxygen atoms in total. The van der Waals surface area contributed by atoms with Crippen molar-refractivity contribution in [1.29, 1.82) is 0 Å². The predicted octanol–water partition coefficient (Wildman–Crippen LogP) is 12.1. The van der Waals surface area contributed by atoms with Gasteiger partial charge in [0.15, 0.2) is 5.76 Å². The third-order valence-corrected chi connectivity index (χ3v) is 14.5. The number of ether oxygens (including phenoxy) is 2. The van der Waals surface area contributed by atoms with E-state index in [1.807, 2.05) is 51.2 Å². The first-order valence-corrected chi connectivity index (χ1v) is 24.2. The third kappa shape index (κ3) is 10.3. The fraction of sp³-hybridized carbons (Fsp3) is 0.545. The zero-order chi connectivity index (χ0) is 47.3. The van der Waals surface area contributed by atoms with Crippen molar-refractivity contribution in [3.05, 3.63) is 116 Å². The molecule has 1 saturated heterocycles. The number of allylic oxidation sites excluding steroid dienone is 12. The maximum absolute atomic E-state index is 13.7. The summed E-state index contributed by atoms with van der Waals surface area (Å²) < 4.78 is 10.9. The first kappa shape index (κ1) is 49.3. The lowest BCUT2D eigenvalue weighted by molar-refractivity contribution is -0.156. The second-order valence-electron chi connectivity index (χ2n) is 19.7. The Kier molecular flexibility index (Phi) is 16.0. The number of carbonyl (C=O) groups excluding carboxylic acids is 2. The van der Waals surface area contributed by atoms with E-state index in [9.17, 15) is 19.8 Å². The van der Waals surface area contributed by atoms with E-state index >= 15 is 0 Å². The van der Waals surface area contributed by atoms with Crippen molar-refractivity contribution in [1.82, 2.24) is 5.32 Å². The Balaban J connectivity index is 1.22.